The van der Waals surface area contributed by atoms with Gasteiger partial charge in [0.15, 0.2) is 0 Å². The Balaban J connectivity index is 1.07. The summed E-state index contributed by atoms with van der Waals surface area (Å²) in [5.41, 5.74) is 16.0. The van der Waals surface area contributed by atoms with E-state index in [0.29, 0.717) is 0 Å². The molecule has 1 heteroatoms. The van der Waals surface area contributed by atoms with Crippen LogP contribution in [-0.4, -0.2) is 0 Å². The zero-order chi connectivity index (χ0) is 36.2. The molecule has 0 aromatic heterocycles. The van der Waals surface area contributed by atoms with Crippen LogP contribution in [0.3, 0.4) is 0 Å². The maximum atomic E-state index is 2.44. The highest BCUT2D eigenvalue weighted by Gasteiger charge is 2.35. The summed E-state index contributed by atoms with van der Waals surface area (Å²) in [5, 5.41) is 5.13. The van der Waals surface area contributed by atoms with E-state index in [0.717, 1.165) is 17.1 Å². The first kappa shape index (κ1) is 32.0. The molecule has 0 amide bonds. The zero-order valence-corrected chi connectivity index (χ0v) is 30.5. The molecule has 0 radical (unpaired) electrons. The molecule has 0 atom stereocenters. The number of anilines is 3. The number of nitrogens with zero attached hydrogens (tertiary/aromatic N) is 1. The summed E-state index contributed by atoms with van der Waals surface area (Å²) in [7, 11) is 0. The van der Waals surface area contributed by atoms with Crippen molar-refractivity contribution >= 4 is 38.6 Å². The summed E-state index contributed by atoms with van der Waals surface area (Å²) in [6, 6.07) is 73.3. The Bertz CT molecular complexity index is 2810. The first-order valence-corrected chi connectivity index (χ1v) is 18.8. The minimum Gasteiger partial charge on any atom is -0.310 e. The summed E-state index contributed by atoms with van der Waals surface area (Å²) in [4.78, 5) is 2.36. The molecule has 1 aliphatic carbocycles. The number of hydrogen-bond acceptors (Lipinski definition) is 1. The fourth-order valence-electron chi connectivity index (χ4n) is 8.64. The quantitative estimate of drug-likeness (QED) is 0.168. The van der Waals surface area contributed by atoms with Crippen LogP contribution < -0.4 is 4.90 Å². The Labute approximate surface area is 317 Å². The van der Waals surface area contributed by atoms with Crippen LogP contribution in [-0.2, 0) is 5.41 Å². The van der Waals surface area contributed by atoms with Crippen LogP contribution in [0.2, 0.25) is 0 Å². The van der Waals surface area contributed by atoms with Gasteiger partial charge in [-0.1, -0.05) is 172 Å². The van der Waals surface area contributed by atoms with Crippen LogP contribution in [0.15, 0.2) is 200 Å². The van der Waals surface area contributed by atoms with Crippen LogP contribution in [0, 0.1) is 0 Å². The van der Waals surface area contributed by atoms with Crippen molar-refractivity contribution in [3.05, 3.63) is 211 Å². The number of rotatable bonds is 6. The lowest BCUT2D eigenvalue weighted by molar-refractivity contribution is 0.645. The molecule has 0 spiro atoms. The van der Waals surface area contributed by atoms with Gasteiger partial charge in [-0.2, -0.15) is 0 Å². The van der Waals surface area contributed by atoms with Crippen molar-refractivity contribution in [3.8, 4) is 44.5 Å². The summed E-state index contributed by atoms with van der Waals surface area (Å²) >= 11 is 0. The van der Waals surface area contributed by atoms with Gasteiger partial charge < -0.3 is 4.90 Å². The second-order valence-corrected chi connectivity index (χ2v) is 15.0. The average Bonchev–Trinajstić information content (AvgIpc) is 3.24. The van der Waals surface area contributed by atoms with E-state index in [1.54, 1.807) is 0 Å². The van der Waals surface area contributed by atoms with Gasteiger partial charge in [-0.15, -0.1) is 0 Å². The Morgan fingerprint density at radius 3 is 1.56 bits per heavy atom. The molecule has 9 aromatic rings. The van der Waals surface area contributed by atoms with Crippen LogP contribution in [0.5, 0.6) is 0 Å². The van der Waals surface area contributed by atoms with E-state index in [4.69, 9.17) is 0 Å². The first-order valence-electron chi connectivity index (χ1n) is 18.8. The lowest BCUT2D eigenvalue weighted by atomic mass is 9.67. The lowest BCUT2D eigenvalue weighted by Crippen LogP contribution is -2.24. The highest BCUT2D eigenvalue weighted by atomic mass is 15.1. The molecule has 0 fully saturated rings. The van der Waals surface area contributed by atoms with Gasteiger partial charge in [0, 0.05) is 22.5 Å². The number of hydrogen-bond donors (Lipinski definition) is 0. The maximum absolute atomic E-state index is 2.44. The smallest absolute Gasteiger partial charge is 0.0468 e. The van der Waals surface area contributed by atoms with Crippen molar-refractivity contribution in [3.63, 3.8) is 0 Å². The normalized spacial score (nSPS) is 12.8. The monoisotopic (exact) mass is 689 g/mol. The Hall–Kier alpha value is -6.70. The third-order valence-electron chi connectivity index (χ3n) is 11.4. The van der Waals surface area contributed by atoms with E-state index in [-0.39, 0.29) is 5.41 Å². The topological polar surface area (TPSA) is 3.24 Å². The predicted molar refractivity (Wildman–Crippen MR) is 230 cm³/mol. The van der Waals surface area contributed by atoms with E-state index in [2.05, 4.69) is 219 Å². The molecule has 9 aromatic carbocycles. The minimum atomic E-state index is -0.161. The third kappa shape index (κ3) is 5.32. The molecule has 0 N–H and O–H groups in total. The molecule has 0 bridgehead atoms. The van der Waals surface area contributed by atoms with E-state index >= 15 is 0 Å². The van der Waals surface area contributed by atoms with Crippen molar-refractivity contribution in [1.29, 1.82) is 0 Å². The van der Waals surface area contributed by atoms with Crippen molar-refractivity contribution in [1.82, 2.24) is 0 Å². The highest BCUT2D eigenvalue weighted by molar-refractivity contribution is 6.09. The fraction of sp³-hybridized carbons (Fsp3) is 0.0566. The molecule has 0 aliphatic heterocycles. The summed E-state index contributed by atoms with van der Waals surface area (Å²) in [6.07, 6.45) is 0. The second kappa shape index (κ2) is 12.8. The molecule has 0 saturated carbocycles. The van der Waals surface area contributed by atoms with Crippen molar-refractivity contribution in [2.45, 2.75) is 19.3 Å². The molecular formula is C53H39N. The SMILES string of the molecule is CC1(C)c2cc(-c3ccc(N(c4ccc(-c5ccccc5)cc4)c4ccc5ccccc5c4)cc3)ccc2-c2c(-c3ccccc3)ccc3cccc1c23. The molecule has 54 heavy (non-hydrogen) atoms. The van der Waals surface area contributed by atoms with Gasteiger partial charge in [-0.25, -0.2) is 0 Å². The molecule has 1 nitrogen and oxygen atoms in total. The molecule has 1 aliphatic rings. The van der Waals surface area contributed by atoms with Crippen LogP contribution in [0.4, 0.5) is 17.1 Å². The van der Waals surface area contributed by atoms with E-state index < -0.39 is 0 Å². The van der Waals surface area contributed by atoms with Gasteiger partial charge in [0.05, 0.1) is 0 Å². The first-order chi connectivity index (χ1) is 26.5. The van der Waals surface area contributed by atoms with Gasteiger partial charge in [-0.3, -0.25) is 0 Å². The molecule has 0 saturated heterocycles. The Morgan fingerprint density at radius 2 is 0.852 bits per heavy atom. The largest absolute Gasteiger partial charge is 0.310 e. The van der Waals surface area contributed by atoms with Crippen LogP contribution in [0.1, 0.15) is 25.0 Å². The summed E-state index contributed by atoms with van der Waals surface area (Å²) in [6.45, 7) is 4.77. The molecule has 0 heterocycles. The van der Waals surface area contributed by atoms with E-state index in [9.17, 15) is 0 Å². The molecule has 256 valence electrons. The van der Waals surface area contributed by atoms with Crippen LogP contribution >= 0.6 is 0 Å². The average molecular weight is 690 g/mol. The van der Waals surface area contributed by atoms with Crippen molar-refractivity contribution < 1.29 is 0 Å². The predicted octanol–water partition coefficient (Wildman–Crippen LogP) is 14.8. The van der Waals surface area contributed by atoms with E-state index in [1.165, 1.54) is 77.2 Å². The second-order valence-electron chi connectivity index (χ2n) is 15.0. The van der Waals surface area contributed by atoms with Gasteiger partial charge in [0.25, 0.3) is 0 Å². The number of benzene rings is 9. The minimum absolute atomic E-state index is 0.161. The van der Waals surface area contributed by atoms with Crippen molar-refractivity contribution in [2.24, 2.45) is 0 Å². The standard InChI is InChI=1S/C53H39N/c1-53(2)49-19-11-18-41-25-32-47(40-15-7-4-8-16-40)52(51(41)49)48-33-26-43(35-50(48)53)39-22-29-45(30-23-39)54(46-31-24-37-14-9-10-17-42(37)34-46)44-27-20-38(21-28-44)36-12-5-3-6-13-36/h3-35H,1-2H3. The van der Waals surface area contributed by atoms with Gasteiger partial charge in [0.2, 0.25) is 0 Å². The third-order valence-corrected chi connectivity index (χ3v) is 11.4. The van der Waals surface area contributed by atoms with Gasteiger partial charge >= 0.3 is 0 Å². The maximum Gasteiger partial charge on any atom is 0.0468 e. The molecule has 0 unspecified atom stereocenters. The lowest BCUT2D eigenvalue weighted by Gasteiger charge is -2.36. The fourth-order valence-corrected chi connectivity index (χ4v) is 8.64. The highest BCUT2D eigenvalue weighted by Crippen LogP contribution is 2.52. The van der Waals surface area contributed by atoms with Gasteiger partial charge in [-0.05, 0) is 120 Å². The molecule has 10 rings (SSSR count). The molecular weight excluding hydrogens is 651 g/mol. The van der Waals surface area contributed by atoms with E-state index in [1.807, 2.05) is 0 Å². The summed E-state index contributed by atoms with van der Waals surface area (Å²) < 4.78 is 0. The Morgan fingerprint density at radius 1 is 0.333 bits per heavy atom. The van der Waals surface area contributed by atoms with Crippen molar-refractivity contribution in [2.75, 3.05) is 4.90 Å². The summed E-state index contributed by atoms with van der Waals surface area (Å²) in [5.74, 6) is 0. The van der Waals surface area contributed by atoms with Gasteiger partial charge in [0.1, 0.15) is 0 Å². The number of fused-ring (bicyclic) bond motifs is 3. The zero-order valence-electron chi connectivity index (χ0n) is 30.5. The Kier molecular flexibility index (Phi) is 7.56. The van der Waals surface area contributed by atoms with Crippen LogP contribution in [0.25, 0.3) is 66.1 Å².